The number of aliphatic hydroxyl groups is 1. The predicted molar refractivity (Wildman–Crippen MR) is 59.3 cm³/mol. The van der Waals surface area contributed by atoms with E-state index in [1.54, 1.807) is 4.90 Å². The van der Waals surface area contributed by atoms with Gasteiger partial charge in [0.25, 0.3) is 0 Å². The molecule has 1 rings (SSSR count). The minimum atomic E-state index is -0.461. The Morgan fingerprint density at radius 1 is 1.67 bits per heavy atom. The molecule has 0 aliphatic carbocycles. The monoisotopic (exact) mass is 214 g/mol. The summed E-state index contributed by atoms with van der Waals surface area (Å²) in [6.45, 7) is 5.09. The van der Waals surface area contributed by atoms with Gasteiger partial charge in [0.1, 0.15) is 0 Å². The lowest BCUT2D eigenvalue weighted by atomic mass is 9.86. The van der Waals surface area contributed by atoms with Crippen LogP contribution in [0.4, 0.5) is 0 Å². The lowest BCUT2D eigenvalue weighted by Gasteiger charge is -2.33. The Morgan fingerprint density at radius 2 is 2.33 bits per heavy atom. The highest BCUT2D eigenvalue weighted by Gasteiger charge is 2.38. The summed E-state index contributed by atoms with van der Waals surface area (Å²) in [6, 6.07) is 0.00919. The Balaban J connectivity index is 2.74. The van der Waals surface area contributed by atoms with Gasteiger partial charge >= 0.3 is 0 Å². The summed E-state index contributed by atoms with van der Waals surface area (Å²) in [5, 5.41) is 9.17. The van der Waals surface area contributed by atoms with Gasteiger partial charge < -0.3 is 15.7 Å². The van der Waals surface area contributed by atoms with Crippen molar-refractivity contribution in [2.45, 2.75) is 39.2 Å². The molecule has 1 unspecified atom stereocenters. The maximum absolute atomic E-state index is 12.2. The molecule has 0 bridgehead atoms. The fraction of sp³-hybridized carbons (Fsp3) is 0.909. The molecule has 0 spiro atoms. The van der Waals surface area contributed by atoms with Gasteiger partial charge in [0.15, 0.2) is 0 Å². The highest BCUT2D eigenvalue weighted by Crippen LogP contribution is 2.27. The standard InChI is InChI=1S/C11H22N2O2/c1-3-11(2,8-12)10(15)13-6-4-5-9(13)7-14/h9,14H,3-8,12H2,1-2H3/t9-,11?/m0/s1. The highest BCUT2D eigenvalue weighted by atomic mass is 16.3. The van der Waals surface area contributed by atoms with E-state index in [-0.39, 0.29) is 18.6 Å². The van der Waals surface area contributed by atoms with Crippen LogP contribution in [0.1, 0.15) is 33.1 Å². The van der Waals surface area contributed by atoms with Crippen LogP contribution in [0.2, 0.25) is 0 Å². The number of hydrogen-bond donors (Lipinski definition) is 2. The van der Waals surface area contributed by atoms with E-state index >= 15 is 0 Å². The lowest BCUT2D eigenvalue weighted by molar-refractivity contribution is -0.142. The molecule has 1 aliphatic rings. The largest absolute Gasteiger partial charge is 0.394 e. The number of nitrogens with zero attached hydrogens (tertiary/aromatic N) is 1. The maximum atomic E-state index is 12.2. The zero-order chi connectivity index (χ0) is 11.5. The van der Waals surface area contributed by atoms with Gasteiger partial charge in [-0.05, 0) is 26.2 Å². The molecule has 1 fully saturated rings. The van der Waals surface area contributed by atoms with Crippen LogP contribution in [-0.4, -0.2) is 41.7 Å². The van der Waals surface area contributed by atoms with Crippen LogP contribution in [0.5, 0.6) is 0 Å². The predicted octanol–water partition coefficient (Wildman–Crippen LogP) is 0.345. The lowest BCUT2D eigenvalue weighted by Crippen LogP contribution is -2.48. The van der Waals surface area contributed by atoms with Crippen molar-refractivity contribution < 1.29 is 9.90 Å². The van der Waals surface area contributed by atoms with Crippen LogP contribution in [0.3, 0.4) is 0 Å². The maximum Gasteiger partial charge on any atom is 0.230 e. The van der Waals surface area contributed by atoms with Crippen molar-refractivity contribution >= 4 is 5.91 Å². The number of carbonyl (C=O) groups is 1. The quantitative estimate of drug-likeness (QED) is 0.709. The van der Waals surface area contributed by atoms with Crippen LogP contribution in [-0.2, 0) is 4.79 Å². The molecule has 0 saturated carbocycles. The van der Waals surface area contributed by atoms with Crippen molar-refractivity contribution in [3.05, 3.63) is 0 Å². The van der Waals surface area contributed by atoms with Crippen molar-refractivity contribution in [1.29, 1.82) is 0 Å². The zero-order valence-electron chi connectivity index (χ0n) is 9.70. The van der Waals surface area contributed by atoms with Gasteiger partial charge in [0.05, 0.1) is 18.1 Å². The minimum Gasteiger partial charge on any atom is -0.394 e. The van der Waals surface area contributed by atoms with E-state index in [4.69, 9.17) is 5.73 Å². The molecule has 1 saturated heterocycles. The number of likely N-dealkylation sites (tertiary alicyclic amines) is 1. The number of aliphatic hydroxyl groups excluding tert-OH is 1. The molecule has 1 heterocycles. The smallest absolute Gasteiger partial charge is 0.230 e. The van der Waals surface area contributed by atoms with Crippen LogP contribution >= 0.6 is 0 Å². The van der Waals surface area contributed by atoms with Crippen molar-refractivity contribution in [3.8, 4) is 0 Å². The first kappa shape index (κ1) is 12.5. The Kier molecular flexibility index (Phi) is 4.11. The summed E-state index contributed by atoms with van der Waals surface area (Å²) < 4.78 is 0. The fourth-order valence-electron chi connectivity index (χ4n) is 2.02. The molecule has 1 amide bonds. The number of amides is 1. The third-order valence-electron chi connectivity index (χ3n) is 3.60. The second-order valence-electron chi connectivity index (χ2n) is 4.60. The van der Waals surface area contributed by atoms with Crippen LogP contribution in [0.15, 0.2) is 0 Å². The second kappa shape index (κ2) is 4.94. The summed E-state index contributed by atoms with van der Waals surface area (Å²) >= 11 is 0. The van der Waals surface area contributed by atoms with E-state index in [1.165, 1.54) is 0 Å². The van der Waals surface area contributed by atoms with Gasteiger partial charge in [-0.3, -0.25) is 4.79 Å². The number of carbonyl (C=O) groups excluding carboxylic acids is 1. The first-order chi connectivity index (χ1) is 7.09. The third kappa shape index (κ3) is 2.32. The molecule has 0 aromatic carbocycles. The first-order valence-corrected chi connectivity index (χ1v) is 5.71. The van der Waals surface area contributed by atoms with Crippen LogP contribution in [0.25, 0.3) is 0 Å². The first-order valence-electron chi connectivity index (χ1n) is 5.71. The molecule has 3 N–H and O–H groups in total. The molecule has 88 valence electrons. The minimum absolute atomic E-state index is 0.00919. The summed E-state index contributed by atoms with van der Waals surface area (Å²) in [4.78, 5) is 14.0. The van der Waals surface area contributed by atoms with Crippen molar-refractivity contribution in [3.63, 3.8) is 0 Å². The second-order valence-corrected chi connectivity index (χ2v) is 4.60. The Hall–Kier alpha value is -0.610. The van der Waals surface area contributed by atoms with Gasteiger partial charge in [0.2, 0.25) is 5.91 Å². The van der Waals surface area contributed by atoms with Crippen molar-refractivity contribution in [2.24, 2.45) is 11.1 Å². The van der Waals surface area contributed by atoms with E-state index in [1.807, 2.05) is 13.8 Å². The van der Waals surface area contributed by atoms with E-state index in [2.05, 4.69) is 0 Å². The number of hydrogen-bond acceptors (Lipinski definition) is 3. The molecular weight excluding hydrogens is 192 g/mol. The molecule has 4 heteroatoms. The van der Waals surface area contributed by atoms with E-state index in [0.717, 1.165) is 25.8 Å². The van der Waals surface area contributed by atoms with Gasteiger partial charge in [-0.15, -0.1) is 0 Å². The van der Waals surface area contributed by atoms with Crippen LogP contribution in [0, 0.1) is 5.41 Å². The van der Waals surface area contributed by atoms with E-state index in [9.17, 15) is 9.90 Å². The number of rotatable bonds is 4. The normalized spacial score (nSPS) is 25.3. The average molecular weight is 214 g/mol. The highest BCUT2D eigenvalue weighted by molar-refractivity contribution is 5.83. The molecule has 15 heavy (non-hydrogen) atoms. The molecule has 0 radical (unpaired) electrons. The topological polar surface area (TPSA) is 66.6 Å². The Morgan fingerprint density at radius 3 is 2.80 bits per heavy atom. The number of nitrogens with two attached hydrogens (primary N) is 1. The summed E-state index contributed by atoms with van der Waals surface area (Å²) in [5.74, 6) is 0.101. The molecule has 0 aromatic heterocycles. The molecular formula is C11H22N2O2. The van der Waals surface area contributed by atoms with Gasteiger partial charge in [-0.1, -0.05) is 6.92 Å². The van der Waals surface area contributed by atoms with Gasteiger partial charge in [-0.25, -0.2) is 0 Å². The molecule has 1 aliphatic heterocycles. The zero-order valence-corrected chi connectivity index (χ0v) is 9.70. The molecule has 0 aromatic rings. The van der Waals surface area contributed by atoms with E-state index in [0.29, 0.717) is 6.54 Å². The van der Waals surface area contributed by atoms with Gasteiger partial charge in [-0.2, -0.15) is 0 Å². The Bertz CT molecular complexity index is 227. The summed E-state index contributed by atoms with van der Waals surface area (Å²) in [7, 11) is 0. The van der Waals surface area contributed by atoms with Crippen LogP contribution < -0.4 is 5.73 Å². The summed E-state index contributed by atoms with van der Waals surface area (Å²) in [6.07, 6.45) is 2.64. The van der Waals surface area contributed by atoms with Crippen molar-refractivity contribution in [1.82, 2.24) is 4.90 Å². The average Bonchev–Trinajstić information content (AvgIpc) is 2.74. The van der Waals surface area contributed by atoms with Crippen molar-refractivity contribution in [2.75, 3.05) is 19.7 Å². The molecule has 2 atom stereocenters. The molecule has 4 nitrogen and oxygen atoms in total. The summed E-state index contributed by atoms with van der Waals surface area (Å²) in [5.41, 5.74) is 5.20. The Labute approximate surface area is 91.4 Å². The SMILES string of the molecule is CCC(C)(CN)C(=O)N1CCC[C@H]1CO. The van der Waals surface area contributed by atoms with Gasteiger partial charge in [0, 0.05) is 13.1 Å². The fourth-order valence-corrected chi connectivity index (χ4v) is 2.02. The van der Waals surface area contributed by atoms with E-state index < -0.39 is 5.41 Å². The third-order valence-corrected chi connectivity index (χ3v) is 3.60.